The zero-order valence-corrected chi connectivity index (χ0v) is 7.96. The van der Waals surface area contributed by atoms with Gasteiger partial charge in [-0.1, -0.05) is 6.07 Å². The van der Waals surface area contributed by atoms with Crippen LogP contribution in [0.4, 0.5) is 0 Å². The van der Waals surface area contributed by atoms with Gasteiger partial charge in [-0.15, -0.1) is 0 Å². The standard InChI is InChI=1S/C10H12O5/c11-6-15-4-3-8(12)7-1-2-9(13)10(14)5-7/h1-2,5-6,8,12-14H,3-4H2. The van der Waals surface area contributed by atoms with Crippen LogP contribution in [0.25, 0.3) is 0 Å². The maximum Gasteiger partial charge on any atom is 0.293 e. The minimum atomic E-state index is -0.837. The first kappa shape index (κ1) is 11.3. The van der Waals surface area contributed by atoms with E-state index in [9.17, 15) is 15.0 Å². The van der Waals surface area contributed by atoms with E-state index in [-0.39, 0.29) is 24.5 Å². The van der Waals surface area contributed by atoms with Crippen LogP contribution in [0.15, 0.2) is 18.2 Å². The molecule has 0 saturated heterocycles. The van der Waals surface area contributed by atoms with Crippen molar-refractivity contribution >= 4 is 6.47 Å². The maximum absolute atomic E-state index is 9.84. The Balaban J connectivity index is 2.61. The van der Waals surface area contributed by atoms with Crippen LogP contribution in [0.3, 0.4) is 0 Å². The summed E-state index contributed by atoms with van der Waals surface area (Å²) in [6.07, 6.45) is -0.598. The van der Waals surface area contributed by atoms with Crippen molar-refractivity contribution < 1.29 is 24.9 Å². The molecule has 1 aromatic carbocycles. The van der Waals surface area contributed by atoms with E-state index >= 15 is 0 Å². The molecule has 0 spiro atoms. The number of aliphatic hydroxyl groups is 1. The Kier molecular flexibility index (Phi) is 3.93. The second kappa shape index (κ2) is 5.21. The van der Waals surface area contributed by atoms with E-state index in [2.05, 4.69) is 4.74 Å². The van der Waals surface area contributed by atoms with Crippen molar-refractivity contribution in [1.82, 2.24) is 0 Å². The second-order valence-corrected chi connectivity index (χ2v) is 3.02. The fraction of sp³-hybridized carbons (Fsp3) is 0.300. The molecular formula is C10H12O5. The third kappa shape index (κ3) is 3.14. The van der Waals surface area contributed by atoms with Crippen molar-refractivity contribution in [3.8, 4) is 11.5 Å². The molecule has 1 aromatic rings. The fourth-order valence-electron chi connectivity index (χ4n) is 1.14. The lowest BCUT2D eigenvalue weighted by atomic mass is 10.1. The topological polar surface area (TPSA) is 87.0 Å². The average molecular weight is 212 g/mol. The van der Waals surface area contributed by atoms with Crippen LogP contribution in [0.1, 0.15) is 18.1 Å². The molecule has 5 nitrogen and oxygen atoms in total. The van der Waals surface area contributed by atoms with Gasteiger partial charge in [0.1, 0.15) is 0 Å². The molecular weight excluding hydrogens is 200 g/mol. The average Bonchev–Trinajstić information content (AvgIpc) is 2.22. The SMILES string of the molecule is O=COCCC(O)c1ccc(O)c(O)c1. The summed E-state index contributed by atoms with van der Waals surface area (Å²) in [6.45, 7) is 0.410. The monoisotopic (exact) mass is 212 g/mol. The predicted molar refractivity (Wildman–Crippen MR) is 51.4 cm³/mol. The van der Waals surface area contributed by atoms with Crippen molar-refractivity contribution in [2.24, 2.45) is 0 Å². The van der Waals surface area contributed by atoms with Crippen molar-refractivity contribution in [2.45, 2.75) is 12.5 Å². The molecule has 0 heterocycles. The molecule has 82 valence electrons. The van der Waals surface area contributed by atoms with E-state index in [1.165, 1.54) is 18.2 Å². The summed E-state index contributed by atoms with van der Waals surface area (Å²) in [6, 6.07) is 4.04. The Labute approximate surface area is 86.5 Å². The third-order valence-electron chi connectivity index (χ3n) is 1.96. The van der Waals surface area contributed by atoms with Crippen LogP contribution in [-0.2, 0) is 9.53 Å². The van der Waals surface area contributed by atoms with Gasteiger partial charge in [0.25, 0.3) is 6.47 Å². The van der Waals surface area contributed by atoms with E-state index in [4.69, 9.17) is 5.11 Å². The molecule has 0 amide bonds. The molecule has 3 N–H and O–H groups in total. The molecule has 0 aliphatic carbocycles. The van der Waals surface area contributed by atoms with Crippen LogP contribution in [0, 0.1) is 0 Å². The second-order valence-electron chi connectivity index (χ2n) is 3.02. The molecule has 1 rings (SSSR count). The molecule has 15 heavy (non-hydrogen) atoms. The quantitative estimate of drug-likeness (QED) is 0.380. The van der Waals surface area contributed by atoms with E-state index in [0.29, 0.717) is 12.0 Å². The van der Waals surface area contributed by atoms with Crippen molar-refractivity contribution in [2.75, 3.05) is 6.61 Å². The Hall–Kier alpha value is -1.75. The van der Waals surface area contributed by atoms with Gasteiger partial charge in [0.2, 0.25) is 0 Å². The molecule has 0 radical (unpaired) electrons. The van der Waals surface area contributed by atoms with Crippen molar-refractivity contribution in [3.05, 3.63) is 23.8 Å². The Morgan fingerprint density at radius 1 is 1.33 bits per heavy atom. The first-order valence-corrected chi connectivity index (χ1v) is 4.40. The number of carbonyl (C=O) groups is 1. The summed E-state index contributed by atoms with van der Waals surface area (Å²) >= 11 is 0. The minimum absolute atomic E-state index is 0.103. The first-order chi connectivity index (χ1) is 7.15. The van der Waals surface area contributed by atoms with Crippen LogP contribution in [0.2, 0.25) is 0 Å². The van der Waals surface area contributed by atoms with Gasteiger partial charge < -0.3 is 20.1 Å². The molecule has 0 aliphatic heterocycles. The van der Waals surface area contributed by atoms with Gasteiger partial charge in [0.15, 0.2) is 11.5 Å². The predicted octanol–water partition coefficient (Wildman–Crippen LogP) is 0.694. The molecule has 0 bridgehead atoms. The highest BCUT2D eigenvalue weighted by Gasteiger charge is 2.09. The Bertz CT molecular complexity index is 337. The summed E-state index contributed by atoms with van der Waals surface area (Å²) in [5.41, 5.74) is 0.458. The van der Waals surface area contributed by atoms with Gasteiger partial charge >= 0.3 is 0 Å². The lowest BCUT2D eigenvalue weighted by Gasteiger charge is -2.10. The lowest BCUT2D eigenvalue weighted by molar-refractivity contribution is -0.129. The number of phenolic OH excluding ortho intramolecular Hbond substituents is 2. The van der Waals surface area contributed by atoms with Crippen LogP contribution < -0.4 is 0 Å². The Morgan fingerprint density at radius 3 is 2.67 bits per heavy atom. The van der Waals surface area contributed by atoms with E-state index < -0.39 is 6.10 Å². The number of aromatic hydroxyl groups is 2. The van der Waals surface area contributed by atoms with Crippen LogP contribution >= 0.6 is 0 Å². The highest BCUT2D eigenvalue weighted by molar-refractivity contribution is 5.41. The summed E-state index contributed by atoms with van der Waals surface area (Å²) in [4.78, 5) is 9.84. The number of rotatable bonds is 5. The minimum Gasteiger partial charge on any atom is -0.504 e. The normalized spacial score (nSPS) is 12.1. The zero-order chi connectivity index (χ0) is 11.3. The molecule has 0 saturated carbocycles. The molecule has 0 aliphatic rings. The summed E-state index contributed by atoms with van der Waals surface area (Å²) in [5, 5.41) is 27.8. The molecule has 0 aromatic heterocycles. The maximum atomic E-state index is 9.84. The van der Waals surface area contributed by atoms with Crippen molar-refractivity contribution in [1.29, 1.82) is 0 Å². The van der Waals surface area contributed by atoms with Gasteiger partial charge in [-0.2, -0.15) is 0 Å². The van der Waals surface area contributed by atoms with E-state index in [1.54, 1.807) is 0 Å². The molecule has 1 unspecified atom stereocenters. The number of phenols is 2. The highest BCUT2D eigenvalue weighted by atomic mass is 16.5. The van der Waals surface area contributed by atoms with Gasteiger partial charge in [-0.05, 0) is 17.7 Å². The van der Waals surface area contributed by atoms with Gasteiger partial charge in [-0.25, -0.2) is 0 Å². The largest absolute Gasteiger partial charge is 0.504 e. The van der Waals surface area contributed by atoms with E-state index in [1.807, 2.05) is 0 Å². The van der Waals surface area contributed by atoms with Crippen LogP contribution in [-0.4, -0.2) is 28.4 Å². The Morgan fingerprint density at radius 2 is 2.07 bits per heavy atom. The summed E-state index contributed by atoms with van der Waals surface area (Å²) < 4.78 is 4.43. The molecule has 1 atom stereocenters. The number of hydrogen-bond donors (Lipinski definition) is 3. The fourth-order valence-corrected chi connectivity index (χ4v) is 1.14. The highest BCUT2D eigenvalue weighted by Crippen LogP contribution is 2.28. The molecule has 5 heteroatoms. The van der Waals surface area contributed by atoms with Crippen molar-refractivity contribution in [3.63, 3.8) is 0 Å². The lowest BCUT2D eigenvalue weighted by Crippen LogP contribution is -2.02. The summed E-state index contributed by atoms with van der Waals surface area (Å²) in [7, 11) is 0. The van der Waals surface area contributed by atoms with E-state index in [0.717, 1.165) is 0 Å². The number of aliphatic hydroxyl groups excluding tert-OH is 1. The summed E-state index contributed by atoms with van der Waals surface area (Å²) in [5.74, 6) is -0.530. The van der Waals surface area contributed by atoms with Gasteiger partial charge in [-0.3, -0.25) is 4.79 Å². The number of hydrogen-bond acceptors (Lipinski definition) is 5. The molecule has 0 fully saturated rings. The van der Waals surface area contributed by atoms with Gasteiger partial charge in [0, 0.05) is 6.42 Å². The zero-order valence-electron chi connectivity index (χ0n) is 7.96. The van der Waals surface area contributed by atoms with Crippen LogP contribution in [0.5, 0.6) is 11.5 Å². The first-order valence-electron chi connectivity index (χ1n) is 4.40. The smallest absolute Gasteiger partial charge is 0.293 e. The van der Waals surface area contributed by atoms with Gasteiger partial charge in [0.05, 0.1) is 12.7 Å². The number of ether oxygens (including phenoxy) is 1. The number of carbonyl (C=O) groups excluding carboxylic acids is 1. The third-order valence-corrected chi connectivity index (χ3v) is 1.96. The number of benzene rings is 1.